The minimum Gasteiger partial charge on any atom is -0.356 e. The fourth-order valence-electron chi connectivity index (χ4n) is 2.80. The van der Waals surface area contributed by atoms with Crippen LogP contribution in [0.4, 0.5) is 22.7 Å². The number of benzene rings is 3. The SMILES string of the molecule is CCCCCc1ccc(NNc2ccc(Nc3ccccc3)cc2)cc1. The highest BCUT2D eigenvalue weighted by Gasteiger charge is 1.97. The summed E-state index contributed by atoms with van der Waals surface area (Å²) >= 11 is 0. The van der Waals surface area contributed by atoms with E-state index in [0.29, 0.717) is 0 Å². The van der Waals surface area contributed by atoms with Gasteiger partial charge in [0.2, 0.25) is 0 Å². The van der Waals surface area contributed by atoms with Crippen LogP contribution < -0.4 is 16.2 Å². The first-order valence-corrected chi connectivity index (χ1v) is 9.36. The third-order valence-electron chi connectivity index (χ3n) is 4.32. The Labute approximate surface area is 156 Å². The van der Waals surface area contributed by atoms with Crippen molar-refractivity contribution in [3.05, 3.63) is 84.4 Å². The summed E-state index contributed by atoms with van der Waals surface area (Å²) in [7, 11) is 0. The standard InChI is InChI=1S/C23H27N3/c1-2-3-5-8-19-11-13-22(14-12-19)25-26-23-17-15-21(16-18-23)24-20-9-6-4-7-10-20/h4,6-7,9-18,24-26H,2-3,5,8H2,1H3. The van der Waals surface area contributed by atoms with Crippen molar-refractivity contribution in [2.75, 3.05) is 16.2 Å². The van der Waals surface area contributed by atoms with E-state index in [4.69, 9.17) is 0 Å². The lowest BCUT2D eigenvalue weighted by Crippen LogP contribution is -2.08. The zero-order chi connectivity index (χ0) is 18.0. The van der Waals surface area contributed by atoms with Gasteiger partial charge in [0.25, 0.3) is 0 Å². The number of anilines is 4. The van der Waals surface area contributed by atoms with Crippen molar-refractivity contribution in [2.45, 2.75) is 32.6 Å². The lowest BCUT2D eigenvalue weighted by atomic mass is 10.1. The predicted molar refractivity (Wildman–Crippen MR) is 113 cm³/mol. The molecule has 3 aromatic carbocycles. The zero-order valence-corrected chi connectivity index (χ0v) is 15.3. The summed E-state index contributed by atoms with van der Waals surface area (Å²) in [4.78, 5) is 0. The Morgan fingerprint density at radius 3 is 1.73 bits per heavy atom. The molecule has 26 heavy (non-hydrogen) atoms. The molecule has 0 saturated carbocycles. The first kappa shape index (κ1) is 17.9. The van der Waals surface area contributed by atoms with Gasteiger partial charge >= 0.3 is 0 Å². The second kappa shape index (κ2) is 9.52. The summed E-state index contributed by atoms with van der Waals surface area (Å²) in [6.45, 7) is 2.24. The van der Waals surface area contributed by atoms with Crippen molar-refractivity contribution in [3.63, 3.8) is 0 Å². The van der Waals surface area contributed by atoms with Crippen molar-refractivity contribution in [1.82, 2.24) is 0 Å². The van der Waals surface area contributed by atoms with Gasteiger partial charge < -0.3 is 16.2 Å². The maximum atomic E-state index is 3.38. The second-order valence-corrected chi connectivity index (χ2v) is 6.47. The van der Waals surface area contributed by atoms with Crippen LogP contribution in [0.3, 0.4) is 0 Å². The third kappa shape index (κ3) is 5.55. The Morgan fingerprint density at radius 2 is 1.12 bits per heavy atom. The van der Waals surface area contributed by atoms with E-state index in [1.807, 2.05) is 18.2 Å². The average Bonchev–Trinajstić information content (AvgIpc) is 2.69. The summed E-state index contributed by atoms with van der Waals surface area (Å²) in [5, 5.41) is 3.38. The van der Waals surface area contributed by atoms with Gasteiger partial charge in [-0.25, -0.2) is 0 Å². The first-order chi connectivity index (χ1) is 12.8. The highest BCUT2D eigenvalue weighted by molar-refractivity contribution is 5.63. The number of para-hydroxylation sites is 1. The molecule has 0 aliphatic carbocycles. The van der Waals surface area contributed by atoms with Crippen LogP contribution in [0.2, 0.25) is 0 Å². The van der Waals surface area contributed by atoms with Gasteiger partial charge in [-0.15, -0.1) is 0 Å². The number of hydrogen-bond acceptors (Lipinski definition) is 3. The molecule has 0 radical (unpaired) electrons. The van der Waals surface area contributed by atoms with Crippen LogP contribution >= 0.6 is 0 Å². The molecule has 3 heteroatoms. The second-order valence-electron chi connectivity index (χ2n) is 6.47. The molecule has 0 heterocycles. The molecule has 0 saturated heterocycles. The van der Waals surface area contributed by atoms with Gasteiger partial charge in [0.05, 0.1) is 11.4 Å². The molecular weight excluding hydrogens is 318 g/mol. The van der Waals surface area contributed by atoms with E-state index in [0.717, 1.165) is 29.2 Å². The maximum absolute atomic E-state index is 3.38. The molecule has 3 rings (SSSR count). The van der Waals surface area contributed by atoms with E-state index in [1.165, 1.54) is 24.8 Å². The topological polar surface area (TPSA) is 36.1 Å². The average molecular weight is 345 g/mol. The van der Waals surface area contributed by atoms with E-state index in [9.17, 15) is 0 Å². The molecule has 3 aromatic rings. The number of nitrogens with one attached hydrogen (secondary N) is 3. The molecule has 0 aromatic heterocycles. The van der Waals surface area contributed by atoms with Crippen LogP contribution in [0.5, 0.6) is 0 Å². The van der Waals surface area contributed by atoms with Gasteiger partial charge in [0.1, 0.15) is 0 Å². The van der Waals surface area contributed by atoms with Gasteiger partial charge in [-0.3, -0.25) is 0 Å². The molecule has 0 atom stereocenters. The fourth-order valence-corrected chi connectivity index (χ4v) is 2.80. The molecule has 3 nitrogen and oxygen atoms in total. The zero-order valence-electron chi connectivity index (χ0n) is 15.3. The quantitative estimate of drug-likeness (QED) is 0.302. The largest absolute Gasteiger partial charge is 0.356 e. The molecule has 3 N–H and O–H groups in total. The molecule has 0 amide bonds. The normalized spacial score (nSPS) is 10.3. The number of unbranched alkanes of at least 4 members (excludes halogenated alkanes) is 2. The van der Waals surface area contributed by atoms with Crippen LogP contribution in [0.1, 0.15) is 31.7 Å². The van der Waals surface area contributed by atoms with Gasteiger partial charge in [-0.2, -0.15) is 0 Å². The molecule has 0 spiro atoms. The van der Waals surface area contributed by atoms with Gasteiger partial charge in [-0.05, 0) is 66.9 Å². The number of rotatable bonds is 9. The molecule has 0 unspecified atom stereocenters. The smallest absolute Gasteiger partial charge is 0.0541 e. The monoisotopic (exact) mass is 345 g/mol. The minimum atomic E-state index is 1.02. The van der Waals surface area contributed by atoms with E-state index in [1.54, 1.807) is 0 Å². The first-order valence-electron chi connectivity index (χ1n) is 9.36. The van der Waals surface area contributed by atoms with Crippen LogP contribution in [0.25, 0.3) is 0 Å². The van der Waals surface area contributed by atoms with Crippen LogP contribution in [-0.4, -0.2) is 0 Å². The molecule has 134 valence electrons. The van der Waals surface area contributed by atoms with Crippen LogP contribution in [0.15, 0.2) is 78.9 Å². The van der Waals surface area contributed by atoms with Crippen LogP contribution in [-0.2, 0) is 6.42 Å². The van der Waals surface area contributed by atoms with E-state index in [-0.39, 0.29) is 0 Å². The van der Waals surface area contributed by atoms with Gasteiger partial charge in [0, 0.05) is 11.4 Å². The molecule has 0 aliphatic heterocycles. The van der Waals surface area contributed by atoms with E-state index in [2.05, 4.69) is 83.8 Å². The highest BCUT2D eigenvalue weighted by atomic mass is 15.4. The van der Waals surface area contributed by atoms with Crippen molar-refractivity contribution in [1.29, 1.82) is 0 Å². The molecule has 0 aliphatic rings. The summed E-state index contributed by atoms with van der Waals surface area (Å²) in [6, 6.07) is 27.1. The molecule has 0 fully saturated rings. The number of aryl methyl sites for hydroxylation is 1. The van der Waals surface area contributed by atoms with Gasteiger partial charge in [-0.1, -0.05) is 50.1 Å². The van der Waals surface area contributed by atoms with Crippen molar-refractivity contribution in [2.24, 2.45) is 0 Å². The molecule has 0 bridgehead atoms. The van der Waals surface area contributed by atoms with Crippen molar-refractivity contribution in [3.8, 4) is 0 Å². The summed E-state index contributed by atoms with van der Waals surface area (Å²) in [5.74, 6) is 0. The Bertz CT molecular complexity index is 765. The minimum absolute atomic E-state index is 1.02. The van der Waals surface area contributed by atoms with E-state index >= 15 is 0 Å². The summed E-state index contributed by atoms with van der Waals surface area (Å²) < 4.78 is 0. The third-order valence-corrected chi connectivity index (χ3v) is 4.32. The van der Waals surface area contributed by atoms with Crippen molar-refractivity contribution < 1.29 is 0 Å². The Balaban J connectivity index is 1.48. The lowest BCUT2D eigenvalue weighted by Gasteiger charge is -2.12. The predicted octanol–water partition coefficient (Wildman–Crippen LogP) is 6.60. The van der Waals surface area contributed by atoms with Gasteiger partial charge in [0.15, 0.2) is 0 Å². The highest BCUT2D eigenvalue weighted by Crippen LogP contribution is 2.19. The number of hydrogen-bond donors (Lipinski definition) is 3. The lowest BCUT2D eigenvalue weighted by molar-refractivity contribution is 0.717. The fraction of sp³-hybridized carbons (Fsp3) is 0.217. The summed E-state index contributed by atoms with van der Waals surface area (Å²) in [6.07, 6.45) is 5.00. The maximum Gasteiger partial charge on any atom is 0.0541 e. The Kier molecular flexibility index (Phi) is 6.54. The van der Waals surface area contributed by atoms with Crippen LogP contribution in [0, 0.1) is 0 Å². The summed E-state index contributed by atoms with van der Waals surface area (Å²) in [5.41, 5.74) is 12.1. The Morgan fingerprint density at radius 1 is 0.577 bits per heavy atom. The molecular formula is C23H27N3. The number of hydrazine groups is 1. The Hall–Kier alpha value is -2.94. The van der Waals surface area contributed by atoms with Crippen molar-refractivity contribution >= 4 is 22.7 Å². The van der Waals surface area contributed by atoms with E-state index < -0.39 is 0 Å².